The number of carbonyl (C=O) groups excluding carboxylic acids is 4. The zero-order chi connectivity index (χ0) is 34.2. The number of carboxylic acids is 1. The molecule has 47 heavy (non-hydrogen) atoms. The fourth-order valence-electron chi connectivity index (χ4n) is 4.40. The number of fused-ring (bicyclic) bond motifs is 1. The zero-order valence-electron chi connectivity index (χ0n) is 26.7. The lowest BCUT2D eigenvalue weighted by Gasteiger charge is -2.25. The van der Waals surface area contributed by atoms with Crippen LogP contribution in [0.2, 0.25) is 0 Å². The number of nitrogens with one attached hydrogen (secondary N) is 4. The van der Waals surface area contributed by atoms with E-state index in [4.69, 9.17) is 9.47 Å². The van der Waals surface area contributed by atoms with E-state index in [0.717, 1.165) is 17.5 Å². The van der Waals surface area contributed by atoms with E-state index in [2.05, 4.69) is 25.9 Å². The summed E-state index contributed by atoms with van der Waals surface area (Å²) in [6.07, 6.45) is 2.89. The Bertz CT molecular complexity index is 1470. The number of urea groups is 1. The van der Waals surface area contributed by atoms with Crippen LogP contribution in [0.15, 0.2) is 48.5 Å². The maximum Gasteiger partial charge on any atom is 0.407 e. The van der Waals surface area contributed by atoms with Crippen LogP contribution in [0.25, 0.3) is 11.0 Å². The van der Waals surface area contributed by atoms with E-state index in [9.17, 15) is 29.1 Å². The van der Waals surface area contributed by atoms with Crippen molar-refractivity contribution in [3.8, 4) is 0 Å². The Balaban J connectivity index is 1.71. The number of hydrogen-bond donors (Lipinski definition) is 5. The Morgan fingerprint density at radius 2 is 1.72 bits per heavy atom. The van der Waals surface area contributed by atoms with Crippen LogP contribution in [0.1, 0.15) is 54.9 Å². The van der Waals surface area contributed by atoms with E-state index in [1.54, 1.807) is 43.0 Å². The molecule has 5 N–H and O–H groups in total. The summed E-state index contributed by atoms with van der Waals surface area (Å²) in [5.41, 5.74) is 2.49. The summed E-state index contributed by atoms with van der Waals surface area (Å²) in [6.45, 7) is 3.84. The molecule has 0 unspecified atom stereocenters. The molecular formula is C32H42N6O8S. The summed E-state index contributed by atoms with van der Waals surface area (Å²) in [5, 5.41) is 17.0. The van der Waals surface area contributed by atoms with Crippen LogP contribution in [-0.2, 0) is 32.2 Å². The van der Waals surface area contributed by atoms with Gasteiger partial charge in [0.2, 0.25) is 0 Å². The van der Waals surface area contributed by atoms with Gasteiger partial charge in [0.05, 0.1) is 30.8 Å². The second-order valence-electron chi connectivity index (χ2n) is 10.5. The predicted octanol–water partition coefficient (Wildman–Crippen LogP) is 3.67. The number of thioether (sulfide) groups is 1. The molecule has 3 aromatic rings. The summed E-state index contributed by atoms with van der Waals surface area (Å²) < 4.78 is 10.1. The van der Waals surface area contributed by atoms with Crippen molar-refractivity contribution in [3.05, 3.63) is 65.5 Å². The van der Waals surface area contributed by atoms with Gasteiger partial charge in [0.25, 0.3) is 5.91 Å². The van der Waals surface area contributed by atoms with Gasteiger partial charge in [0.15, 0.2) is 0 Å². The zero-order valence-corrected chi connectivity index (χ0v) is 27.6. The maximum atomic E-state index is 13.6. The third kappa shape index (κ3) is 11.8. The molecule has 254 valence electrons. The van der Waals surface area contributed by atoms with Crippen molar-refractivity contribution in [3.63, 3.8) is 0 Å². The number of imidazole rings is 1. The Hall–Kier alpha value is -4.79. The molecule has 0 aliphatic heterocycles. The maximum absolute atomic E-state index is 13.6. The molecule has 1 aromatic heterocycles. The smallest absolute Gasteiger partial charge is 0.407 e. The summed E-state index contributed by atoms with van der Waals surface area (Å²) in [6, 6.07) is 11.2. The van der Waals surface area contributed by atoms with Crippen molar-refractivity contribution >= 4 is 52.8 Å². The Kier molecular flexibility index (Phi) is 14.8. The first-order chi connectivity index (χ1) is 22.6. The topological polar surface area (TPSA) is 192 Å². The van der Waals surface area contributed by atoms with Crippen LogP contribution in [0.5, 0.6) is 0 Å². The minimum atomic E-state index is -1.38. The van der Waals surface area contributed by atoms with E-state index in [1.807, 2.05) is 37.4 Å². The van der Waals surface area contributed by atoms with Crippen LogP contribution in [0.3, 0.4) is 0 Å². The number of alkyl carbamates (subject to hydrolysis) is 1. The Morgan fingerprint density at radius 1 is 0.979 bits per heavy atom. The van der Waals surface area contributed by atoms with Crippen LogP contribution in [-0.4, -0.2) is 93.8 Å². The lowest BCUT2D eigenvalue weighted by atomic mass is 10.1. The highest BCUT2D eigenvalue weighted by atomic mass is 32.2. The number of hydrogen-bond acceptors (Lipinski definition) is 9. The number of ether oxygens (including phenoxy) is 2. The standard InChI is InChI=1S/C32H42N6O8S/c1-4-6-16-46-32(44)37-26(29(40)41)18-33-28(39)22-13-11-21(12-14-22)19-38(20-27-34-23-9-7-8-10-24(23)35-27)31(43)36-25(15-17-47-3)30(42)45-5-2/h7-14,25-26H,4-6,15-20H2,1-3H3,(H,33,39)(H,34,35)(H,36,43)(H,37,44)(H,40,41)/t25-,26-/m0/s1. The van der Waals surface area contributed by atoms with Gasteiger partial charge < -0.3 is 40.4 Å². The molecule has 0 aliphatic rings. The molecule has 4 amide bonds. The second kappa shape index (κ2) is 19.0. The average Bonchev–Trinajstić information content (AvgIpc) is 3.47. The lowest BCUT2D eigenvalue weighted by Crippen LogP contribution is -2.48. The fourth-order valence-corrected chi connectivity index (χ4v) is 4.87. The van der Waals surface area contributed by atoms with Gasteiger partial charge in [0.1, 0.15) is 17.9 Å². The molecular weight excluding hydrogens is 628 g/mol. The number of amides is 4. The third-order valence-electron chi connectivity index (χ3n) is 6.92. The number of aromatic nitrogens is 2. The van der Waals surface area contributed by atoms with Gasteiger partial charge in [-0.1, -0.05) is 37.6 Å². The van der Waals surface area contributed by atoms with E-state index in [1.165, 1.54) is 4.90 Å². The number of unbranched alkanes of at least 4 members (excludes halogenated alkanes) is 1. The van der Waals surface area contributed by atoms with Crippen LogP contribution >= 0.6 is 11.8 Å². The molecule has 0 saturated heterocycles. The number of carboxylic acid groups (broad SMARTS) is 1. The van der Waals surface area contributed by atoms with Gasteiger partial charge in [-0.15, -0.1) is 0 Å². The number of nitrogens with zero attached hydrogens (tertiary/aromatic N) is 2. The Labute approximate surface area is 277 Å². The molecule has 0 saturated carbocycles. The van der Waals surface area contributed by atoms with E-state index >= 15 is 0 Å². The molecule has 0 aliphatic carbocycles. The number of esters is 1. The van der Waals surface area contributed by atoms with Crippen molar-refractivity contribution in [2.24, 2.45) is 0 Å². The first kappa shape index (κ1) is 36.7. The summed E-state index contributed by atoms with van der Waals surface area (Å²) in [5.74, 6) is -1.20. The molecule has 0 radical (unpaired) electrons. The second-order valence-corrected chi connectivity index (χ2v) is 11.5. The molecule has 0 bridgehead atoms. The normalized spacial score (nSPS) is 12.1. The van der Waals surface area contributed by atoms with Crippen molar-refractivity contribution in [2.75, 3.05) is 31.8 Å². The highest BCUT2D eigenvalue weighted by Gasteiger charge is 2.26. The van der Waals surface area contributed by atoms with Crippen molar-refractivity contribution in [2.45, 2.75) is 58.3 Å². The molecule has 0 fully saturated rings. The number of H-pyrrole nitrogens is 1. The fraction of sp³-hybridized carbons (Fsp3) is 0.438. The summed E-state index contributed by atoms with van der Waals surface area (Å²) >= 11 is 1.55. The number of para-hydroxylation sites is 2. The SMILES string of the molecule is CCCCOC(=O)N[C@@H](CNC(=O)c1ccc(CN(Cc2nc3ccccc3[nH]2)C(=O)N[C@@H](CCSC)C(=O)OCC)cc1)C(=O)O. The largest absolute Gasteiger partial charge is 0.480 e. The van der Waals surface area contributed by atoms with Crippen molar-refractivity contribution in [1.82, 2.24) is 30.8 Å². The molecule has 14 nitrogen and oxygen atoms in total. The number of aromatic amines is 1. The first-order valence-corrected chi connectivity index (χ1v) is 16.7. The van der Waals surface area contributed by atoms with Crippen molar-refractivity contribution in [1.29, 1.82) is 0 Å². The van der Waals surface area contributed by atoms with Gasteiger partial charge in [-0.25, -0.2) is 24.2 Å². The molecule has 0 spiro atoms. The van der Waals surface area contributed by atoms with Gasteiger partial charge in [-0.05, 0) is 61.6 Å². The minimum Gasteiger partial charge on any atom is -0.480 e. The predicted molar refractivity (Wildman–Crippen MR) is 177 cm³/mol. The van der Waals surface area contributed by atoms with Gasteiger partial charge >= 0.3 is 24.1 Å². The van der Waals surface area contributed by atoms with Gasteiger partial charge in [-0.2, -0.15) is 11.8 Å². The molecule has 2 atom stereocenters. The monoisotopic (exact) mass is 670 g/mol. The van der Waals surface area contributed by atoms with E-state index in [-0.39, 0.29) is 38.4 Å². The van der Waals surface area contributed by atoms with Gasteiger partial charge in [-0.3, -0.25) is 4.79 Å². The number of aliphatic carboxylic acids is 1. The molecule has 1 heterocycles. The molecule has 15 heteroatoms. The highest BCUT2D eigenvalue weighted by molar-refractivity contribution is 7.98. The number of rotatable bonds is 18. The first-order valence-electron chi connectivity index (χ1n) is 15.3. The summed E-state index contributed by atoms with van der Waals surface area (Å²) in [7, 11) is 0. The highest BCUT2D eigenvalue weighted by Crippen LogP contribution is 2.15. The number of benzene rings is 2. The van der Waals surface area contributed by atoms with E-state index < -0.39 is 42.1 Å². The Morgan fingerprint density at radius 3 is 2.38 bits per heavy atom. The quantitative estimate of drug-likeness (QED) is 0.0986. The van der Waals surface area contributed by atoms with Crippen LogP contribution in [0.4, 0.5) is 9.59 Å². The van der Waals surface area contributed by atoms with Crippen molar-refractivity contribution < 1.29 is 38.6 Å². The lowest BCUT2D eigenvalue weighted by molar-refractivity contribution is -0.145. The average molecular weight is 671 g/mol. The third-order valence-corrected chi connectivity index (χ3v) is 7.57. The number of carbonyl (C=O) groups is 5. The van der Waals surface area contributed by atoms with Gasteiger partial charge in [0, 0.05) is 18.7 Å². The van der Waals surface area contributed by atoms with Crippen LogP contribution < -0.4 is 16.0 Å². The minimum absolute atomic E-state index is 0.102. The summed E-state index contributed by atoms with van der Waals surface area (Å²) in [4.78, 5) is 71.8. The van der Waals surface area contributed by atoms with E-state index in [0.29, 0.717) is 30.0 Å². The molecule has 3 rings (SSSR count). The molecule has 2 aromatic carbocycles. The van der Waals surface area contributed by atoms with Crippen LogP contribution in [0, 0.1) is 0 Å².